The van der Waals surface area contributed by atoms with Crippen LogP contribution < -0.4 is 9.80 Å². The molecule has 0 unspecified atom stereocenters. The standard InChI is InChI=1S/C28H27N7O/c1-19-15-25(31-35(19)23-5-3-20(18-29)4-6-23)28(36)34-10-8-22-16-21-7-9-30-27(24(21)17-26(22)34)33-13-11-32(2)12-14-33/h3-7,9,15-17H,8,10-14H2,1-2H3. The van der Waals surface area contributed by atoms with Crippen molar-refractivity contribution in [1.82, 2.24) is 19.7 Å². The second-order valence-electron chi connectivity index (χ2n) is 9.58. The SMILES string of the molecule is Cc1cc(C(=O)N2CCc3cc4ccnc(N5CCN(C)CC5)c4cc32)nn1-c1ccc(C#N)cc1. The van der Waals surface area contributed by atoms with Gasteiger partial charge in [-0.2, -0.15) is 10.4 Å². The van der Waals surface area contributed by atoms with Gasteiger partial charge in [0.1, 0.15) is 5.82 Å². The molecule has 1 saturated heterocycles. The summed E-state index contributed by atoms with van der Waals surface area (Å²) in [6.07, 6.45) is 2.71. The first-order chi connectivity index (χ1) is 17.5. The number of benzene rings is 2. The van der Waals surface area contributed by atoms with Crippen molar-refractivity contribution in [2.24, 2.45) is 0 Å². The Bertz CT molecular complexity index is 1510. The predicted octanol–water partition coefficient (Wildman–Crippen LogP) is 3.56. The maximum atomic E-state index is 13.6. The topological polar surface area (TPSA) is 81.3 Å². The third kappa shape index (κ3) is 3.78. The molecular formula is C28H27N7O. The molecule has 0 saturated carbocycles. The molecule has 8 heteroatoms. The molecule has 2 aliphatic heterocycles. The molecule has 0 N–H and O–H groups in total. The van der Waals surface area contributed by atoms with E-state index < -0.39 is 0 Å². The number of amides is 1. The van der Waals surface area contributed by atoms with E-state index in [0.717, 1.165) is 66.3 Å². The summed E-state index contributed by atoms with van der Waals surface area (Å²) >= 11 is 0. The molecule has 2 aliphatic rings. The first-order valence-electron chi connectivity index (χ1n) is 12.3. The summed E-state index contributed by atoms with van der Waals surface area (Å²) in [5.41, 5.74) is 4.81. The van der Waals surface area contributed by atoms with Crippen molar-refractivity contribution in [1.29, 1.82) is 5.26 Å². The third-order valence-corrected chi connectivity index (χ3v) is 7.23. The van der Waals surface area contributed by atoms with Gasteiger partial charge in [0.15, 0.2) is 5.69 Å². The molecule has 36 heavy (non-hydrogen) atoms. The number of aromatic nitrogens is 3. The Morgan fingerprint density at radius 1 is 1.00 bits per heavy atom. The predicted molar refractivity (Wildman–Crippen MR) is 140 cm³/mol. The lowest BCUT2D eigenvalue weighted by Crippen LogP contribution is -2.44. The van der Waals surface area contributed by atoms with Crippen LogP contribution in [0.5, 0.6) is 0 Å². The molecular weight excluding hydrogens is 450 g/mol. The highest BCUT2D eigenvalue weighted by atomic mass is 16.2. The fourth-order valence-electron chi connectivity index (χ4n) is 5.18. The highest BCUT2D eigenvalue weighted by molar-refractivity contribution is 6.08. The van der Waals surface area contributed by atoms with Gasteiger partial charge in [-0.25, -0.2) is 9.67 Å². The van der Waals surface area contributed by atoms with Crippen LogP contribution >= 0.6 is 0 Å². The van der Waals surface area contributed by atoms with Crippen molar-refractivity contribution >= 4 is 28.2 Å². The number of carbonyl (C=O) groups is 1. The molecule has 0 radical (unpaired) electrons. The molecule has 1 amide bonds. The van der Waals surface area contributed by atoms with Gasteiger partial charge in [-0.05, 0) is 79.9 Å². The lowest BCUT2D eigenvalue weighted by atomic mass is 10.1. The zero-order valence-corrected chi connectivity index (χ0v) is 20.5. The van der Waals surface area contributed by atoms with E-state index in [1.54, 1.807) is 16.8 Å². The number of likely N-dealkylation sites (N-methyl/N-ethyl adjacent to an activating group) is 1. The number of rotatable bonds is 3. The van der Waals surface area contributed by atoms with E-state index >= 15 is 0 Å². The molecule has 2 aromatic heterocycles. The zero-order valence-electron chi connectivity index (χ0n) is 20.5. The van der Waals surface area contributed by atoms with Crippen LogP contribution in [0.4, 0.5) is 11.5 Å². The average Bonchev–Trinajstić information content (AvgIpc) is 3.50. The molecule has 180 valence electrons. The molecule has 0 bridgehead atoms. The smallest absolute Gasteiger partial charge is 0.278 e. The highest BCUT2D eigenvalue weighted by Gasteiger charge is 2.29. The molecule has 0 spiro atoms. The van der Waals surface area contributed by atoms with Crippen LogP contribution in [-0.2, 0) is 6.42 Å². The van der Waals surface area contributed by atoms with Crippen molar-refractivity contribution in [3.63, 3.8) is 0 Å². The van der Waals surface area contributed by atoms with Gasteiger partial charge in [0.25, 0.3) is 5.91 Å². The molecule has 0 atom stereocenters. The second-order valence-corrected chi connectivity index (χ2v) is 9.58. The summed E-state index contributed by atoms with van der Waals surface area (Å²) in [4.78, 5) is 24.9. The monoisotopic (exact) mass is 477 g/mol. The van der Waals surface area contributed by atoms with Crippen LogP contribution in [0.1, 0.15) is 27.3 Å². The molecule has 6 rings (SSSR count). The molecule has 0 aliphatic carbocycles. The number of hydrogen-bond acceptors (Lipinski definition) is 6. The van der Waals surface area contributed by atoms with E-state index in [1.807, 2.05) is 36.2 Å². The minimum atomic E-state index is -0.103. The van der Waals surface area contributed by atoms with Gasteiger partial charge in [0, 0.05) is 55.7 Å². The lowest BCUT2D eigenvalue weighted by Gasteiger charge is -2.33. The van der Waals surface area contributed by atoms with Gasteiger partial charge in [-0.15, -0.1) is 0 Å². The first kappa shape index (κ1) is 22.3. The number of carbonyl (C=O) groups excluding carboxylic acids is 1. The fourth-order valence-corrected chi connectivity index (χ4v) is 5.18. The number of nitrogens with zero attached hydrogens (tertiary/aromatic N) is 7. The number of hydrogen-bond donors (Lipinski definition) is 0. The maximum Gasteiger partial charge on any atom is 0.278 e. The molecule has 4 aromatic rings. The van der Waals surface area contributed by atoms with Crippen LogP contribution in [0.2, 0.25) is 0 Å². The number of aryl methyl sites for hydroxylation is 1. The van der Waals surface area contributed by atoms with E-state index in [9.17, 15) is 4.79 Å². The van der Waals surface area contributed by atoms with Crippen LogP contribution in [-0.4, -0.2) is 65.3 Å². The Morgan fingerprint density at radius 3 is 2.53 bits per heavy atom. The number of anilines is 2. The Balaban J connectivity index is 1.34. The summed E-state index contributed by atoms with van der Waals surface area (Å²) < 4.78 is 1.75. The molecule has 4 heterocycles. The lowest BCUT2D eigenvalue weighted by molar-refractivity contribution is 0.0984. The van der Waals surface area contributed by atoms with Gasteiger partial charge in [0.05, 0.1) is 17.3 Å². The van der Waals surface area contributed by atoms with Crippen molar-refractivity contribution in [3.05, 3.63) is 77.2 Å². The summed E-state index contributed by atoms with van der Waals surface area (Å²) in [5.74, 6) is 0.886. The quantitative estimate of drug-likeness (QED) is 0.449. The fraction of sp³-hybridized carbons (Fsp3) is 0.286. The van der Waals surface area contributed by atoms with Crippen molar-refractivity contribution in [2.45, 2.75) is 13.3 Å². The van der Waals surface area contributed by atoms with E-state index in [4.69, 9.17) is 10.2 Å². The molecule has 2 aromatic carbocycles. The Labute approximate surface area is 210 Å². The number of nitriles is 1. The number of piperazine rings is 1. The van der Waals surface area contributed by atoms with E-state index in [2.05, 4.69) is 46.2 Å². The van der Waals surface area contributed by atoms with Crippen LogP contribution in [0.15, 0.2) is 54.7 Å². The normalized spacial score (nSPS) is 15.8. The van der Waals surface area contributed by atoms with Crippen LogP contribution in [0, 0.1) is 18.3 Å². The summed E-state index contributed by atoms with van der Waals surface area (Å²) in [6.45, 7) is 6.46. The highest BCUT2D eigenvalue weighted by Crippen LogP contribution is 2.36. The second kappa shape index (κ2) is 8.77. The Kier molecular flexibility index (Phi) is 5.42. The summed E-state index contributed by atoms with van der Waals surface area (Å²) in [5, 5.41) is 15.9. The van der Waals surface area contributed by atoms with Crippen molar-refractivity contribution < 1.29 is 4.79 Å². The van der Waals surface area contributed by atoms with Crippen LogP contribution in [0.3, 0.4) is 0 Å². The Hall–Kier alpha value is -4.22. The maximum absolute atomic E-state index is 13.6. The van der Waals surface area contributed by atoms with Gasteiger partial charge in [-0.1, -0.05) is 0 Å². The molecule has 8 nitrogen and oxygen atoms in total. The van der Waals surface area contributed by atoms with E-state index in [1.165, 1.54) is 5.56 Å². The van der Waals surface area contributed by atoms with Gasteiger partial charge in [-0.3, -0.25) is 4.79 Å². The molecule has 1 fully saturated rings. The minimum absolute atomic E-state index is 0.103. The van der Waals surface area contributed by atoms with Crippen molar-refractivity contribution in [2.75, 3.05) is 49.6 Å². The van der Waals surface area contributed by atoms with Gasteiger partial charge < -0.3 is 14.7 Å². The summed E-state index contributed by atoms with van der Waals surface area (Å²) in [7, 11) is 2.15. The van der Waals surface area contributed by atoms with E-state index in [-0.39, 0.29) is 5.91 Å². The summed E-state index contributed by atoms with van der Waals surface area (Å²) in [6, 6.07) is 17.6. The largest absolute Gasteiger partial charge is 0.354 e. The zero-order chi connectivity index (χ0) is 24.8. The average molecular weight is 478 g/mol. The number of pyridine rings is 1. The van der Waals surface area contributed by atoms with Gasteiger partial charge >= 0.3 is 0 Å². The first-order valence-corrected chi connectivity index (χ1v) is 12.3. The Morgan fingerprint density at radius 2 is 1.78 bits per heavy atom. The van der Waals surface area contributed by atoms with E-state index in [0.29, 0.717) is 17.8 Å². The van der Waals surface area contributed by atoms with Gasteiger partial charge in [0.2, 0.25) is 0 Å². The van der Waals surface area contributed by atoms with Crippen LogP contribution in [0.25, 0.3) is 16.5 Å². The van der Waals surface area contributed by atoms with Crippen molar-refractivity contribution in [3.8, 4) is 11.8 Å². The number of fused-ring (bicyclic) bond motifs is 2. The minimum Gasteiger partial charge on any atom is -0.354 e. The third-order valence-electron chi connectivity index (χ3n) is 7.23.